The predicted molar refractivity (Wildman–Crippen MR) is 116 cm³/mol. The molecule has 1 atom stereocenters. The summed E-state index contributed by atoms with van der Waals surface area (Å²) in [5.41, 5.74) is 5.00. The van der Waals surface area contributed by atoms with Crippen molar-refractivity contribution in [2.45, 2.75) is 45.2 Å². The van der Waals surface area contributed by atoms with Crippen LogP contribution in [0.5, 0.6) is 5.75 Å². The SMILES string of the molecule is CCOc1ccc(C(C)N(C)Cc2c(C3CCOCC3)[nH]c3ncccc23)cc1. The Morgan fingerprint density at radius 3 is 2.69 bits per heavy atom. The number of hydrogen-bond acceptors (Lipinski definition) is 4. The van der Waals surface area contributed by atoms with Crippen LogP contribution in [0, 0.1) is 0 Å². The van der Waals surface area contributed by atoms with Gasteiger partial charge in [-0.15, -0.1) is 0 Å². The van der Waals surface area contributed by atoms with Gasteiger partial charge in [0.15, 0.2) is 0 Å². The van der Waals surface area contributed by atoms with Crippen molar-refractivity contribution in [1.82, 2.24) is 14.9 Å². The molecule has 1 aromatic carbocycles. The van der Waals surface area contributed by atoms with E-state index < -0.39 is 0 Å². The van der Waals surface area contributed by atoms with E-state index in [0.29, 0.717) is 18.6 Å². The van der Waals surface area contributed by atoms with Gasteiger partial charge in [-0.05, 0) is 69.1 Å². The van der Waals surface area contributed by atoms with E-state index in [9.17, 15) is 0 Å². The maximum absolute atomic E-state index is 5.59. The van der Waals surface area contributed by atoms with E-state index >= 15 is 0 Å². The van der Waals surface area contributed by atoms with Gasteiger partial charge in [0.2, 0.25) is 0 Å². The monoisotopic (exact) mass is 393 g/mol. The molecule has 0 spiro atoms. The lowest BCUT2D eigenvalue weighted by Gasteiger charge is -2.27. The van der Waals surface area contributed by atoms with E-state index in [1.54, 1.807) is 0 Å². The fourth-order valence-corrected chi connectivity index (χ4v) is 4.25. The molecule has 0 aliphatic carbocycles. The molecule has 1 aliphatic heterocycles. The zero-order valence-corrected chi connectivity index (χ0v) is 17.6. The molecule has 0 saturated carbocycles. The zero-order chi connectivity index (χ0) is 20.2. The summed E-state index contributed by atoms with van der Waals surface area (Å²) < 4.78 is 11.2. The molecule has 1 unspecified atom stereocenters. The number of rotatable bonds is 7. The maximum Gasteiger partial charge on any atom is 0.137 e. The third-order valence-corrected chi connectivity index (χ3v) is 6.08. The molecule has 5 nitrogen and oxygen atoms in total. The number of benzene rings is 1. The average Bonchev–Trinajstić information content (AvgIpc) is 3.13. The largest absolute Gasteiger partial charge is 0.494 e. The summed E-state index contributed by atoms with van der Waals surface area (Å²) in [5, 5.41) is 1.24. The predicted octanol–water partition coefficient (Wildman–Crippen LogP) is 5.05. The van der Waals surface area contributed by atoms with Crippen molar-refractivity contribution in [1.29, 1.82) is 0 Å². The molecule has 1 fully saturated rings. The Balaban J connectivity index is 1.58. The fraction of sp³-hybridized carbons (Fsp3) is 0.458. The first-order chi connectivity index (χ1) is 14.2. The number of H-pyrrole nitrogens is 1. The smallest absolute Gasteiger partial charge is 0.137 e. The first-order valence-electron chi connectivity index (χ1n) is 10.6. The highest BCUT2D eigenvalue weighted by atomic mass is 16.5. The molecule has 1 aliphatic rings. The van der Waals surface area contributed by atoms with Crippen LogP contribution in [0.15, 0.2) is 42.6 Å². The van der Waals surface area contributed by atoms with Crippen molar-refractivity contribution in [2.75, 3.05) is 26.9 Å². The van der Waals surface area contributed by atoms with E-state index in [1.165, 1.54) is 22.2 Å². The molecule has 2 aromatic heterocycles. The van der Waals surface area contributed by atoms with Gasteiger partial charge >= 0.3 is 0 Å². The normalized spacial score (nSPS) is 16.4. The average molecular weight is 394 g/mol. The Kier molecular flexibility index (Phi) is 6.16. The summed E-state index contributed by atoms with van der Waals surface area (Å²) in [4.78, 5) is 10.6. The van der Waals surface area contributed by atoms with E-state index in [0.717, 1.165) is 44.0 Å². The highest BCUT2D eigenvalue weighted by Gasteiger charge is 2.24. The molecule has 154 valence electrons. The van der Waals surface area contributed by atoms with Gasteiger partial charge < -0.3 is 14.5 Å². The summed E-state index contributed by atoms with van der Waals surface area (Å²) in [6, 6.07) is 13.0. The molecule has 1 saturated heterocycles. The highest BCUT2D eigenvalue weighted by molar-refractivity contribution is 5.81. The van der Waals surface area contributed by atoms with Gasteiger partial charge in [-0.2, -0.15) is 0 Å². The van der Waals surface area contributed by atoms with Crippen molar-refractivity contribution in [3.63, 3.8) is 0 Å². The molecule has 1 N–H and O–H groups in total. The number of hydrogen-bond donors (Lipinski definition) is 1. The number of nitrogens with one attached hydrogen (secondary N) is 1. The van der Waals surface area contributed by atoms with Crippen LogP contribution >= 0.6 is 0 Å². The lowest BCUT2D eigenvalue weighted by Crippen LogP contribution is -2.23. The van der Waals surface area contributed by atoms with Crippen molar-refractivity contribution >= 4 is 11.0 Å². The van der Waals surface area contributed by atoms with Crippen LogP contribution in [0.25, 0.3) is 11.0 Å². The second-order valence-electron chi connectivity index (χ2n) is 7.90. The van der Waals surface area contributed by atoms with Gasteiger partial charge in [0.05, 0.1) is 6.61 Å². The number of aromatic nitrogens is 2. The lowest BCUT2D eigenvalue weighted by atomic mass is 9.93. The summed E-state index contributed by atoms with van der Waals surface area (Å²) >= 11 is 0. The van der Waals surface area contributed by atoms with Crippen LogP contribution in [0.4, 0.5) is 0 Å². The van der Waals surface area contributed by atoms with Gasteiger partial charge in [0.1, 0.15) is 11.4 Å². The van der Waals surface area contributed by atoms with Crippen molar-refractivity contribution in [2.24, 2.45) is 0 Å². The van der Waals surface area contributed by atoms with Crippen LogP contribution in [-0.2, 0) is 11.3 Å². The number of aromatic amines is 1. The second-order valence-corrected chi connectivity index (χ2v) is 7.90. The minimum absolute atomic E-state index is 0.301. The van der Waals surface area contributed by atoms with Crippen molar-refractivity contribution < 1.29 is 9.47 Å². The van der Waals surface area contributed by atoms with Gasteiger partial charge in [0.25, 0.3) is 0 Å². The van der Waals surface area contributed by atoms with Crippen LogP contribution in [0.3, 0.4) is 0 Å². The summed E-state index contributed by atoms with van der Waals surface area (Å²) in [5.74, 6) is 1.44. The quantitative estimate of drug-likeness (QED) is 0.610. The lowest BCUT2D eigenvalue weighted by molar-refractivity contribution is 0.0842. The third kappa shape index (κ3) is 4.31. The molecular formula is C24H31N3O2. The van der Waals surface area contributed by atoms with Crippen LogP contribution in [0.2, 0.25) is 0 Å². The Labute approximate surface area is 173 Å². The molecule has 3 heterocycles. The molecule has 29 heavy (non-hydrogen) atoms. The van der Waals surface area contributed by atoms with Gasteiger partial charge in [-0.25, -0.2) is 4.98 Å². The summed E-state index contributed by atoms with van der Waals surface area (Å²) in [6.07, 6.45) is 4.00. The van der Waals surface area contributed by atoms with Gasteiger partial charge in [-0.3, -0.25) is 4.90 Å². The first-order valence-corrected chi connectivity index (χ1v) is 10.6. The molecule has 4 rings (SSSR count). The van der Waals surface area contributed by atoms with Crippen LogP contribution < -0.4 is 4.74 Å². The summed E-state index contributed by atoms with van der Waals surface area (Å²) in [7, 11) is 2.20. The van der Waals surface area contributed by atoms with Gasteiger partial charge in [-0.1, -0.05) is 12.1 Å². The van der Waals surface area contributed by atoms with E-state index in [-0.39, 0.29) is 0 Å². The van der Waals surface area contributed by atoms with Crippen molar-refractivity contribution in [3.05, 3.63) is 59.4 Å². The topological polar surface area (TPSA) is 50.4 Å². The fourth-order valence-electron chi connectivity index (χ4n) is 4.25. The minimum Gasteiger partial charge on any atom is -0.494 e. The molecule has 0 amide bonds. The molecule has 5 heteroatoms. The Hall–Kier alpha value is -2.37. The number of ether oxygens (including phenoxy) is 2. The maximum atomic E-state index is 5.59. The highest BCUT2D eigenvalue weighted by Crippen LogP contribution is 2.34. The van der Waals surface area contributed by atoms with E-state index in [2.05, 4.69) is 59.2 Å². The number of pyridine rings is 1. The van der Waals surface area contributed by atoms with Crippen LogP contribution in [0.1, 0.15) is 55.5 Å². The minimum atomic E-state index is 0.301. The molecular weight excluding hydrogens is 362 g/mol. The number of fused-ring (bicyclic) bond motifs is 1. The molecule has 3 aromatic rings. The van der Waals surface area contributed by atoms with Crippen LogP contribution in [-0.4, -0.2) is 41.7 Å². The first kappa shape index (κ1) is 19.9. The number of nitrogens with zero attached hydrogens (tertiary/aromatic N) is 2. The van der Waals surface area contributed by atoms with Crippen molar-refractivity contribution in [3.8, 4) is 5.75 Å². The summed E-state index contributed by atoms with van der Waals surface area (Å²) in [6.45, 7) is 7.52. The zero-order valence-electron chi connectivity index (χ0n) is 17.6. The Morgan fingerprint density at radius 1 is 1.21 bits per heavy atom. The third-order valence-electron chi connectivity index (χ3n) is 6.08. The molecule has 0 bridgehead atoms. The Bertz CT molecular complexity index is 929. The van der Waals surface area contributed by atoms with E-state index in [4.69, 9.17) is 9.47 Å². The Morgan fingerprint density at radius 2 is 1.97 bits per heavy atom. The molecule has 0 radical (unpaired) electrons. The standard InChI is InChI=1S/C24H31N3O2/c1-4-29-20-9-7-18(8-10-20)17(2)27(3)16-22-21-6-5-13-25-24(21)26-23(22)19-11-14-28-15-12-19/h5-10,13,17,19H,4,11-12,14-16H2,1-3H3,(H,25,26). The van der Waals surface area contributed by atoms with Gasteiger partial charge in [0, 0.05) is 49.0 Å². The van der Waals surface area contributed by atoms with E-state index in [1.807, 2.05) is 19.2 Å². The second kappa shape index (κ2) is 8.97.